The predicted molar refractivity (Wildman–Crippen MR) is 63.1 cm³/mol. The molecule has 2 nitrogen and oxygen atoms in total. The standard InChI is InChI=1S/C11H13BrF3NO/c1-16-7-8-2-3-10(9(12)6-8)17-5-4-11(13,14)15/h2-3,6,16H,4-5,7H2,1H3. The van der Waals surface area contributed by atoms with Crippen molar-refractivity contribution in [2.75, 3.05) is 13.7 Å². The van der Waals surface area contributed by atoms with E-state index in [0.717, 1.165) is 5.56 Å². The van der Waals surface area contributed by atoms with E-state index in [9.17, 15) is 13.2 Å². The lowest BCUT2D eigenvalue weighted by atomic mass is 10.2. The predicted octanol–water partition coefficient (Wildman–Crippen LogP) is 3.50. The lowest BCUT2D eigenvalue weighted by molar-refractivity contribution is -0.139. The lowest BCUT2D eigenvalue weighted by Crippen LogP contribution is -2.13. The molecule has 0 atom stereocenters. The van der Waals surface area contributed by atoms with E-state index in [0.29, 0.717) is 16.8 Å². The average molecular weight is 312 g/mol. The van der Waals surface area contributed by atoms with Crippen LogP contribution in [-0.2, 0) is 6.54 Å². The smallest absolute Gasteiger partial charge is 0.392 e. The Balaban J connectivity index is 2.54. The summed E-state index contributed by atoms with van der Waals surface area (Å²) in [6.45, 7) is 0.328. The van der Waals surface area contributed by atoms with Crippen molar-refractivity contribution in [1.82, 2.24) is 5.32 Å². The van der Waals surface area contributed by atoms with Crippen molar-refractivity contribution >= 4 is 15.9 Å². The van der Waals surface area contributed by atoms with Crippen molar-refractivity contribution in [1.29, 1.82) is 0 Å². The van der Waals surface area contributed by atoms with E-state index in [1.165, 1.54) is 0 Å². The fourth-order valence-corrected chi connectivity index (χ4v) is 1.79. The Hall–Kier alpha value is -0.750. The third-order valence-corrected chi connectivity index (χ3v) is 2.64. The van der Waals surface area contributed by atoms with Crippen LogP contribution in [0, 0.1) is 0 Å². The zero-order valence-electron chi connectivity index (χ0n) is 9.27. The quantitative estimate of drug-likeness (QED) is 0.898. The molecule has 0 heterocycles. The number of ether oxygens (including phenoxy) is 1. The van der Waals surface area contributed by atoms with Crippen molar-refractivity contribution in [2.24, 2.45) is 0 Å². The highest BCUT2D eigenvalue weighted by atomic mass is 79.9. The monoisotopic (exact) mass is 311 g/mol. The van der Waals surface area contributed by atoms with Crippen LogP contribution in [0.15, 0.2) is 22.7 Å². The Labute approximate surface area is 106 Å². The van der Waals surface area contributed by atoms with Crippen molar-refractivity contribution in [3.05, 3.63) is 28.2 Å². The molecule has 1 N–H and O–H groups in total. The summed E-state index contributed by atoms with van der Waals surface area (Å²) in [7, 11) is 1.82. The van der Waals surface area contributed by atoms with E-state index in [1.807, 2.05) is 19.2 Å². The maximum Gasteiger partial charge on any atom is 0.392 e. The highest BCUT2D eigenvalue weighted by Gasteiger charge is 2.26. The van der Waals surface area contributed by atoms with Gasteiger partial charge in [-0.3, -0.25) is 0 Å². The summed E-state index contributed by atoms with van der Waals surface area (Å²) in [6.07, 6.45) is -5.13. The zero-order valence-corrected chi connectivity index (χ0v) is 10.9. The van der Waals surface area contributed by atoms with E-state index >= 15 is 0 Å². The number of nitrogens with one attached hydrogen (secondary N) is 1. The molecule has 0 amide bonds. The fourth-order valence-electron chi connectivity index (χ4n) is 1.25. The van der Waals surface area contributed by atoms with Crippen molar-refractivity contribution in [3.8, 4) is 5.75 Å². The molecule has 0 saturated heterocycles. The van der Waals surface area contributed by atoms with Crippen LogP contribution in [0.2, 0.25) is 0 Å². The molecule has 0 fully saturated rings. The highest BCUT2D eigenvalue weighted by Crippen LogP contribution is 2.27. The van der Waals surface area contributed by atoms with E-state index < -0.39 is 12.6 Å². The van der Waals surface area contributed by atoms with Gasteiger partial charge in [0, 0.05) is 6.54 Å². The number of benzene rings is 1. The van der Waals surface area contributed by atoms with Crippen LogP contribution in [0.5, 0.6) is 5.75 Å². The first-order valence-electron chi connectivity index (χ1n) is 5.05. The Morgan fingerprint density at radius 1 is 1.35 bits per heavy atom. The molecule has 17 heavy (non-hydrogen) atoms. The van der Waals surface area contributed by atoms with Crippen LogP contribution in [0.3, 0.4) is 0 Å². The fraction of sp³-hybridized carbons (Fsp3) is 0.455. The number of rotatable bonds is 5. The van der Waals surface area contributed by atoms with Crippen LogP contribution in [-0.4, -0.2) is 19.8 Å². The summed E-state index contributed by atoms with van der Waals surface area (Å²) < 4.78 is 41.5. The molecule has 0 aliphatic rings. The molecule has 1 rings (SSSR count). The Bertz CT molecular complexity index is 368. The molecule has 0 unspecified atom stereocenters. The second kappa shape index (κ2) is 6.26. The van der Waals surface area contributed by atoms with Crippen LogP contribution < -0.4 is 10.1 Å². The molecule has 0 aromatic heterocycles. The first kappa shape index (κ1) is 14.3. The molecular weight excluding hydrogens is 299 g/mol. The van der Waals surface area contributed by atoms with Crippen LogP contribution in [0.4, 0.5) is 13.2 Å². The second-order valence-electron chi connectivity index (χ2n) is 3.51. The SMILES string of the molecule is CNCc1ccc(OCCC(F)(F)F)c(Br)c1. The maximum absolute atomic E-state index is 11.9. The molecule has 0 radical (unpaired) electrons. The van der Waals surface area contributed by atoms with Gasteiger partial charge in [0.2, 0.25) is 0 Å². The normalized spacial score (nSPS) is 11.6. The maximum atomic E-state index is 11.9. The minimum Gasteiger partial charge on any atom is -0.492 e. The summed E-state index contributed by atoms with van der Waals surface area (Å²) in [5.74, 6) is 0.425. The first-order valence-corrected chi connectivity index (χ1v) is 5.84. The molecule has 0 aliphatic carbocycles. The zero-order chi connectivity index (χ0) is 12.9. The van der Waals surface area contributed by atoms with Crippen molar-refractivity contribution in [2.45, 2.75) is 19.1 Å². The van der Waals surface area contributed by atoms with Gasteiger partial charge in [0.15, 0.2) is 0 Å². The topological polar surface area (TPSA) is 21.3 Å². The second-order valence-corrected chi connectivity index (χ2v) is 4.36. The number of hydrogen-bond acceptors (Lipinski definition) is 2. The number of alkyl halides is 3. The third-order valence-electron chi connectivity index (χ3n) is 2.02. The Kier molecular flexibility index (Phi) is 5.27. The molecule has 96 valence electrons. The Morgan fingerprint density at radius 3 is 2.59 bits per heavy atom. The molecule has 0 aliphatic heterocycles. The molecule has 6 heteroatoms. The molecule has 0 spiro atoms. The van der Waals surface area contributed by atoms with Crippen LogP contribution in [0.25, 0.3) is 0 Å². The minimum absolute atomic E-state index is 0.368. The van der Waals surface area contributed by atoms with Crippen LogP contribution in [0.1, 0.15) is 12.0 Å². The molecule has 0 bridgehead atoms. The van der Waals surface area contributed by atoms with Crippen molar-refractivity contribution in [3.63, 3.8) is 0 Å². The van der Waals surface area contributed by atoms with E-state index in [1.54, 1.807) is 6.07 Å². The highest BCUT2D eigenvalue weighted by molar-refractivity contribution is 9.10. The van der Waals surface area contributed by atoms with Gasteiger partial charge in [0.05, 0.1) is 17.5 Å². The minimum atomic E-state index is -4.18. The summed E-state index contributed by atoms with van der Waals surface area (Å²) in [5, 5.41) is 2.98. The van der Waals surface area contributed by atoms with E-state index in [2.05, 4.69) is 21.2 Å². The summed E-state index contributed by atoms with van der Waals surface area (Å²) in [6, 6.07) is 5.29. The van der Waals surface area contributed by atoms with Gasteiger partial charge in [-0.1, -0.05) is 6.07 Å². The van der Waals surface area contributed by atoms with Gasteiger partial charge >= 0.3 is 6.18 Å². The summed E-state index contributed by atoms with van der Waals surface area (Å²) >= 11 is 3.26. The van der Waals surface area contributed by atoms with Gasteiger partial charge in [-0.15, -0.1) is 0 Å². The molecule has 1 aromatic carbocycles. The number of hydrogen-bond donors (Lipinski definition) is 1. The van der Waals surface area contributed by atoms with E-state index in [4.69, 9.17) is 4.74 Å². The lowest BCUT2D eigenvalue weighted by Gasteiger charge is -2.11. The average Bonchev–Trinajstić information content (AvgIpc) is 2.20. The molecule has 1 aromatic rings. The molecule has 0 saturated carbocycles. The van der Waals surface area contributed by atoms with E-state index in [-0.39, 0.29) is 6.61 Å². The largest absolute Gasteiger partial charge is 0.492 e. The van der Waals surface area contributed by atoms with Crippen LogP contribution >= 0.6 is 15.9 Å². The molecular formula is C11H13BrF3NO. The third kappa shape index (κ3) is 5.41. The van der Waals surface area contributed by atoms with Gasteiger partial charge in [0.1, 0.15) is 5.75 Å². The van der Waals surface area contributed by atoms with Gasteiger partial charge < -0.3 is 10.1 Å². The Morgan fingerprint density at radius 2 is 2.06 bits per heavy atom. The summed E-state index contributed by atoms with van der Waals surface area (Å²) in [4.78, 5) is 0. The van der Waals surface area contributed by atoms with Gasteiger partial charge in [-0.25, -0.2) is 0 Å². The number of halogens is 4. The first-order chi connectivity index (χ1) is 7.92. The van der Waals surface area contributed by atoms with Gasteiger partial charge in [0.25, 0.3) is 0 Å². The van der Waals surface area contributed by atoms with Gasteiger partial charge in [-0.05, 0) is 40.7 Å². The van der Waals surface area contributed by atoms with Gasteiger partial charge in [-0.2, -0.15) is 13.2 Å². The summed E-state index contributed by atoms with van der Waals surface area (Å²) in [5.41, 5.74) is 1.03. The van der Waals surface area contributed by atoms with Crippen molar-refractivity contribution < 1.29 is 17.9 Å².